The molecule has 0 radical (unpaired) electrons. The summed E-state index contributed by atoms with van der Waals surface area (Å²) in [6.45, 7) is -0.231. The number of rotatable bonds is 5. The molecule has 1 N–H and O–H groups in total. The highest BCUT2D eigenvalue weighted by Crippen LogP contribution is 2.41. The molecule has 0 aromatic heterocycles. The summed E-state index contributed by atoms with van der Waals surface area (Å²) in [7, 11) is 4.38. The molecule has 0 fully saturated rings. The Morgan fingerprint density at radius 1 is 0.970 bits per heavy atom. The second-order valence-corrected chi connectivity index (χ2v) is 7.44. The van der Waals surface area contributed by atoms with Crippen LogP contribution in [0.4, 0.5) is 10.1 Å². The van der Waals surface area contributed by atoms with Gasteiger partial charge in [-0.05, 0) is 35.9 Å². The van der Waals surface area contributed by atoms with Crippen LogP contribution in [0.1, 0.15) is 27.5 Å². The van der Waals surface area contributed by atoms with Crippen LogP contribution in [0.15, 0.2) is 60.7 Å². The van der Waals surface area contributed by atoms with Crippen molar-refractivity contribution in [3.05, 3.63) is 83.2 Å². The van der Waals surface area contributed by atoms with Crippen molar-refractivity contribution >= 4 is 17.5 Å². The van der Waals surface area contributed by atoms with Gasteiger partial charge in [0.1, 0.15) is 12.4 Å². The first-order valence-corrected chi connectivity index (χ1v) is 10.2. The Morgan fingerprint density at radius 2 is 1.64 bits per heavy atom. The molecule has 1 heterocycles. The molecule has 3 aromatic rings. The van der Waals surface area contributed by atoms with Crippen LogP contribution in [0.25, 0.3) is 0 Å². The monoisotopic (exact) mass is 450 g/mol. The van der Waals surface area contributed by atoms with E-state index in [4.69, 9.17) is 14.2 Å². The first-order valence-electron chi connectivity index (χ1n) is 10.2. The van der Waals surface area contributed by atoms with E-state index in [1.165, 1.54) is 56.6 Å². The Balaban J connectivity index is 1.89. The maximum atomic E-state index is 14.3. The molecule has 0 bridgehead atoms. The summed E-state index contributed by atoms with van der Waals surface area (Å²) in [6.07, 6.45) is 0. The van der Waals surface area contributed by atoms with Crippen molar-refractivity contribution in [1.29, 1.82) is 0 Å². The molecule has 1 aliphatic heterocycles. The van der Waals surface area contributed by atoms with Crippen molar-refractivity contribution in [2.45, 2.75) is 6.04 Å². The summed E-state index contributed by atoms with van der Waals surface area (Å²) in [6, 6.07) is 15.7. The highest BCUT2D eigenvalue weighted by Gasteiger charge is 2.35. The summed E-state index contributed by atoms with van der Waals surface area (Å²) in [4.78, 5) is 28.0. The number of anilines is 1. The van der Waals surface area contributed by atoms with E-state index in [9.17, 15) is 14.0 Å². The number of nitrogens with one attached hydrogen (secondary N) is 1. The SMILES string of the molecule is COc1cc(C(=O)N2CC(=O)Nc3ccc(F)cc3C2c2ccccc2)cc(OC)c1OC. The summed E-state index contributed by atoms with van der Waals surface area (Å²) >= 11 is 0. The Labute approximate surface area is 190 Å². The lowest BCUT2D eigenvalue weighted by Gasteiger charge is -2.31. The van der Waals surface area contributed by atoms with Gasteiger partial charge in [0.05, 0.1) is 27.4 Å². The molecule has 170 valence electrons. The fourth-order valence-corrected chi connectivity index (χ4v) is 4.03. The maximum absolute atomic E-state index is 14.3. The number of benzene rings is 3. The molecule has 0 aliphatic carbocycles. The third-order valence-electron chi connectivity index (χ3n) is 5.50. The van der Waals surface area contributed by atoms with Crippen molar-refractivity contribution in [2.75, 3.05) is 33.2 Å². The molecule has 2 amide bonds. The second kappa shape index (κ2) is 9.20. The van der Waals surface area contributed by atoms with Crippen LogP contribution < -0.4 is 19.5 Å². The van der Waals surface area contributed by atoms with Gasteiger partial charge in [0.2, 0.25) is 11.7 Å². The minimum Gasteiger partial charge on any atom is -0.493 e. The minimum absolute atomic E-state index is 0.231. The summed E-state index contributed by atoms with van der Waals surface area (Å²) in [5, 5.41) is 2.78. The third-order valence-corrected chi connectivity index (χ3v) is 5.50. The van der Waals surface area contributed by atoms with E-state index in [0.29, 0.717) is 28.5 Å². The Hall–Kier alpha value is -4.07. The summed E-state index contributed by atoms with van der Waals surface area (Å²) < 4.78 is 30.4. The smallest absolute Gasteiger partial charge is 0.255 e. The number of methoxy groups -OCH3 is 3. The van der Waals surface area contributed by atoms with E-state index in [-0.39, 0.29) is 18.0 Å². The van der Waals surface area contributed by atoms with Crippen LogP contribution in [-0.2, 0) is 4.79 Å². The van der Waals surface area contributed by atoms with Crippen molar-refractivity contribution < 1.29 is 28.2 Å². The number of carbonyl (C=O) groups is 2. The fraction of sp³-hybridized carbons (Fsp3) is 0.200. The molecule has 7 nitrogen and oxygen atoms in total. The molecule has 3 aromatic carbocycles. The van der Waals surface area contributed by atoms with Crippen molar-refractivity contribution in [3.63, 3.8) is 0 Å². The van der Waals surface area contributed by atoms with Gasteiger partial charge in [0.25, 0.3) is 5.91 Å². The first-order chi connectivity index (χ1) is 16.0. The molecule has 4 rings (SSSR count). The zero-order valence-corrected chi connectivity index (χ0v) is 18.4. The van der Waals surface area contributed by atoms with Crippen molar-refractivity contribution in [2.24, 2.45) is 0 Å². The second-order valence-electron chi connectivity index (χ2n) is 7.44. The highest BCUT2D eigenvalue weighted by atomic mass is 19.1. The van der Waals surface area contributed by atoms with Gasteiger partial charge >= 0.3 is 0 Å². The molecule has 1 unspecified atom stereocenters. The van der Waals surface area contributed by atoms with Gasteiger partial charge in [-0.1, -0.05) is 30.3 Å². The van der Waals surface area contributed by atoms with Crippen LogP contribution >= 0.6 is 0 Å². The van der Waals surface area contributed by atoms with Gasteiger partial charge in [-0.15, -0.1) is 0 Å². The van der Waals surface area contributed by atoms with Crippen LogP contribution in [0, 0.1) is 5.82 Å². The minimum atomic E-state index is -0.706. The van der Waals surface area contributed by atoms with E-state index >= 15 is 0 Å². The van der Waals surface area contributed by atoms with Crippen LogP contribution in [0.3, 0.4) is 0 Å². The first kappa shape index (κ1) is 22.1. The van der Waals surface area contributed by atoms with Gasteiger partial charge in [0, 0.05) is 16.8 Å². The average Bonchev–Trinajstić information content (AvgIpc) is 2.98. The topological polar surface area (TPSA) is 77.1 Å². The van der Waals surface area contributed by atoms with Crippen molar-refractivity contribution in [1.82, 2.24) is 4.90 Å². The molecule has 1 atom stereocenters. The Morgan fingerprint density at radius 3 is 2.24 bits per heavy atom. The van der Waals surface area contributed by atoms with Crippen molar-refractivity contribution in [3.8, 4) is 17.2 Å². The zero-order chi connectivity index (χ0) is 23.5. The lowest BCUT2D eigenvalue weighted by molar-refractivity contribution is -0.117. The average molecular weight is 450 g/mol. The molecule has 0 saturated carbocycles. The Kier molecular flexibility index (Phi) is 6.17. The quantitative estimate of drug-likeness (QED) is 0.635. The highest BCUT2D eigenvalue weighted by molar-refractivity contribution is 6.02. The fourth-order valence-electron chi connectivity index (χ4n) is 4.03. The molecular weight excluding hydrogens is 427 g/mol. The largest absolute Gasteiger partial charge is 0.493 e. The van der Waals surface area contributed by atoms with Crippen LogP contribution in [-0.4, -0.2) is 44.6 Å². The normalized spacial score (nSPS) is 15.2. The molecule has 0 spiro atoms. The predicted octanol–water partition coefficient (Wildman–Crippen LogP) is 4.04. The van der Waals surface area contributed by atoms with Gasteiger partial charge < -0.3 is 24.4 Å². The number of fused-ring (bicyclic) bond motifs is 1. The van der Waals surface area contributed by atoms with E-state index in [1.54, 1.807) is 0 Å². The molecule has 1 aliphatic rings. The number of nitrogens with zero attached hydrogens (tertiary/aromatic N) is 1. The van der Waals surface area contributed by atoms with Crippen LogP contribution in [0.2, 0.25) is 0 Å². The van der Waals surface area contributed by atoms with Gasteiger partial charge in [-0.2, -0.15) is 0 Å². The molecule has 8 heteroatoms. The van der Waals surface area contributed by atoms with E-state index in [1.807, 2.05) is 30.3 Å². The summed E-state index contributed by atoms with van der Waals surface area (Å²) in [5.41, 5.74) is 1.91. The third kappa shape index (κ3) is 4.19. The standard InChI is InChI=1S/C25H23FN2O5/c1-31-20-11-16(12-21(32-2)24(20)33-3)25(30)28-14-22(29)27-19-10-9-17(26)13-18(19)23(28)15-7-5-4-6-8-15/h4-13,23H,14H2,1-3H3,(H,27,29). The zero-order valence-electron chi connectivity index (χ0n) is 18.4. The number of hydrogen-bond donors (Lipinski definition) is 1. The summed E-state index contributed by atoms with van der Waals surface area (Å²) in [5.74, 6) is -0.343. The van der Waals surface area contributed by atoms with E-state index < -0.39 is 17.8 Å². The Bertz CT molecular complexity index is 1170. The number of amides is 2. The van der Waals surface area contributed by atoms with E-state index in [2.05, 4.69) is 5.32 Å². The lowest BCUT2D eigenvalue weighted by atomic mass is 9.95. The lowest BCUT2D eigenvalue weighted by Crippen LogP contribution is -2.39. The number of hydrogen-bond acceptors (Lipinski definition) is 5. The van der Waals surface area contributed by atoms with E-state index in [0.717, 1.165) is 5.56 Å². The van der Waals surface area contributed by atoms with Gasteiger partial charge in [0.15, 0.2) is 11.5 Å². The number of carbonyl (C=O) groups excluding carboxylic acids is 2. The van der Waals surface area contributed by atoms with Gasteiger partial charge in [-0.3, -0.25) is 9.59 Å². The maximum Gasteiger partial charge on any atom is 0.255 e. The predicted molar refractivity (Wildman–Crippen MR) is 120 cm³/mol. The number of halogens is 1. The molecule has 0 saturated heterocycles. The molecule has 33 heavy (non-hydrogen) atoms. The van der Waals surface area contributed by atoms with Gasteiger partial charge in [-0.25, -0.2) is 4.39 Å². The molecular formula is C25H23FN2O5. The van der Waals surface area contributed by atoms with Crippen LogP contribution in [0.5, 0.6) is 17.2 Å². The number of ether oxygens (including phenoxy) is 3.